The van der Waals surface area contributed by atoms with Crippen LogP contribution in [0.2, 0.25) is 0 Å². The molecule has 0 amide bonds. The third-order valence-corrected chi connectivity index (χ3v) is 4.71. The van der Waals surface area contributed by atoms with Gasteiger partial charge in [0.15, 0.2) is 0 Å². The van der Waals surface area contributed by atoms with E-state index in [2.05, 4.69) is 43.6 Å². The molecule has 0 nitrogen and oxygen atoms in total. The van der Waals surface area contributed by atoms with Crippen LogP contribution >= 0.6 is 15.9 Å². The predicted octanol–water partition coefficient (Wildman–Crippen LogP) is 3.70. The Morgan fingerprint density at radius 2 is 1.91 bits per heavy atom. The van der Waals surface area contributed by atoms with Gasteiger partial charge in [0.25, 0.3) is 0 Å². The Hall–Kier alpha value is 0.480. The summed E-state index contributed by atoms with van der Waals surface area (Å²) in [5.41, 5.74) is 0.647. The molecule has 0 bridgehead atoms. The Morgan fingerprint density at radius 3 is 2.00 bits per heavy atom. The number of rotatable bonds is 3. The molecule has 1 rings (SSSR count). The van der Waals surface area contributed by atoms with Crippen LogP contribution in [0.25, 0.3) is 0 Å². The topological polar surface area (TPSA) is 0 Å². The lowest BCUT2D eigenvalue weighted by Gasteiger charge is -2.25. The Bertz CT molecular complexity index is 138. The third-order valence-electron chi connectivity index (χ3n) is 3.66. The molecule has 11 heavy (non-hydrogen) atoms. The first-order chi connectivity index (χ1) is 5.04. The fraction of sp³-hybridized carbons (Fsp3) is 1.00. The molecule has 0 spiro atoms. The summed E-state index contributed by atoms with van der Waals surface area (Å²) < 4.78 is 0. The van der Waals surface area contributed by atoms with Crippen LogP contribution in [0.15, 0.2) is 0 Å². The number of alkyl halides is 1. The number of halogens is 1. The molecule has 1 fully saturated rings. The second kappa shape index (κ2) is 3.08. The van der Waals surface area contributed by atoms with E-state index in [0.717, 1.165) is 17.8 Å². The number of hydrogen-bond acceptors (Lipinski definition) is 0. The third kappa shape index (κ3) is 1.49. The summed E-state index contributed by atoms with van der Waals surface area (Å²) in [5, 5.41) is 1.19. The van der Waals surface area contributed by atoms with Crippen LogP contribution in [0.3, 0.4) is 0 Å². The van der Waals surface area contributed by atoms with Gasteiger partial charge in [-0.05, 0) is 29.6 Å². The molecule has 0 radical (unpaired) electrons. The quantitative estimate of drug-likeness (QED) is 0.635. The molecule has 1 aliphatic carbocycles. The van der Waals surface area contributed by atoms with Crippen molar-refractivity contribution in [1.29, 1.82) is 0 Å². The maximum Gasteiger partial charge on any atom is 0.00932 e. The lowest BCUT2D eigenvalue weighted by molar-refractivity contribution is 0.264. The van der Waals surface area contributed by atoms with Gasteiger partial charge < -0.3 is 0 Å². The molecule has 66 valence electrons. The molecule has 0 aromatic rings. The van der Waals surface area contributed by atoms with Gasteiger partial charge in [-0.15, -0.1) is 0 Å². The highest BCUT2D eigenvalue weighted by atomic mass is 79.9. The van der Waals surface area contributed by atoms with E-state index in [1.165, 1.54) is 11.8 Å². The maximum absolute atomic E-state index is 3.64. The van der Waals surface area contributed by atoms with E-state index >= 15 is 0 Å². The second-order valence-corrected chi connectivity index (χ2v) is 5.07. The van der Waals surface area contributed by atoms with Gasteiger partial charge in [0.05, 0.1) is 0 Å². The normalized spacial score (nSPS) is 39.3. The fourth-order valence-electron chi connectivity index (χ4n) is 2.12. The van der Waals surface area contributed by atoms with Crippen LogP contribution in [0.4, 0.5) is 0 Å². The van der Waals surface area contributed by atoms with Crippen molar-refractivity contribution in [2.24, 2.45) is 23.2 Å². The largest absolute Gasteiger partial charge is 0.0922 e. The van der Waals surface area contributed by atoms with Crippen molar-refractivity contribution in [1.82, 2.24) is 0 Å². The van der Waals surface area contributed by atoms with Gasteiger partial charge in [-0.1, -0.05) is 43.6 Å². The number of hydrogen-bond donors (Lipinski definition) is 0. The Balaban J connectivity index is 2.58. The molecular formula is C10H19Br. The van der Waals surface area contributed by atoms with Gasteiger partial charge >= 0.3 is 0 Å². The van der Waals surface area contributed by atoms with E-state index < -0.39 is 0 Å². The molecule has 0 aromatic carbocycles. The van der Waals surface area contributed by atoms with Crippen molar-refractivity contribution in [3.8, 4) is 0 Å². The van der Waals surface area contributed by atoms with Gasteiger partial charge in [0, 0.05) is 5.33 Å². The summed E-state index contributed by atoms with van der Waals surface area (Å²) in [7, 11) is 0. The summed E-state index contributed by atoms with van der Waals surface area (Å²) >= 11 is 3.64. The molecule has 1 saturated carbocycles. The molecule has 0 saturated heterocycles. The standard InChI is InChI=1S/C10H19Br/c1-7(2)9(4)10(6-11)5-8(10)3/h7-9H,5-6H2,1-4H3. The van der Waals surface area contributed by atoms with Gasteiger partial charge in [-0.25, -0.2) is 0 Å². The van der Waals surface area contributed by atoms with Crippen molar-refractivity contribution >= 4 is 15.9 Å². The van der Waals surface area contributed by atoms with Crippen LogP contribution in [-0.4, -0.2) is 5.33 Å². The summed E-state index contributed by atoms with van der Waals surface area (Å²) in [6.45, 7) is 9.44. The second-order valence-electron chi connectivity index (χ2n) is 4.50. The molecule has 3 unspecified atom stereocenters. The van der Waals surface area contributed by atoms with Gasteiger partial charge in [0.2, 0.25) is 0 Å². The fourth-order valence-corrected chi connectivity index (χ4v) is 3.41. The van der Waals surface area contributed by atoms with Crippen molar-refractivity contribution < 1.29 is 0 Å². The molecule has 0 N–H and O–H groups in total. The maximum atomic E-state index is 3.64. The SMILES string of the molecule is CC(C)C(C)C1(CBr)CC1C. The van der Waals surface area contributed by atoms with E-state index in [0.29, 0.717) is 5.41 Å². The monoisotopic (exact) mass is 218 g/mol. The van der Waals surface area contributed by atoms with Gasteiger partial charge in [-0.2, -0.15) is 0 Å². The molecule has 0 aromatic heterocycles. The summed E-state index contributed by atoms with van der Waals surface area (Å²) in [4.78, 5) is 0. The highest BCUT2D eigenvalue weighted by Crippen LogP contribution is 2.60. The Kier molecular flexibility index (Phi) is 2.68. The zero-order chi connectivity index (χ0) is 8.65. The molecule has 3 atom stereocenters. The lowest BCUT2D eigenvalue weighted by Crippen LogP contribution is -2.21. The highest BCUT2D eigenvalue weighted by molar-refractivity contribution is 9.09. The lowest BCUT2D eigenvalue weighted by atomic mass is 9.82. The molecule has 0 heterocycles. The van der Waals surface area contributed by atoms with Gasteiger partial charge in [-0.3, -0.25) is 0 Å². The minimum atomic E-state index is 0.647. The zero-order valence-electron chi connectivity index (χ0n) is 8.02. The van der Waals surface area contributed by atoms with Crippen molar-refractivity contribution in [3.63, 3.8) is 0 Å². The van der Waals surface area contributed by atoms with E-state index in [1.807, 2.05) is 0 Å². The van der Waals surface area contributed by atoms with E-state index in [1.54, 1.807) is 0 Å². The van der Waals surface area contributed by atoms with Crippen molar-refractivity contribution in [2.75, 3.05) is 5.33 Å². The zero-order valence-corrected chi connectivity index (χ0v) is 9.61. The predicted molar refractivity (Wildman–Crippen MR) is 54.0 cm³/mol. The van der Waals surface area contributed by atoms with Crippen LogP contribution in [0, 0.1) is 23.2 Å². The van der Waals surface area contributed by atoms with E-state index in [4.69, 9.17) is 0 Å². The molecule has 1 aliphatic rings. The smallest absolute Gasteiger partial charge is 0.00932 e. The molecule has 0 aliphatic heterocycles. The summed E-state index contributed by atoms with van der Waals surface area (Å²) in [6.07, 6.45) is 1.43. The van der Waals surface area contributed by atoms with Gasteiger partial charge in [0.1, 0.15) is 0 Å². The first-order valence-corrected chi connectivity index (χ1v) is 5.72. The molecular weight excluding hydrogens is 200 g/mol. The summed E-state index contributed by atoms with van der Waals surface area (Å²) in [5.74, 6) is 2.65. The highest BCUT2D eigenvalue weighted by Gasteiger charge is 2.54. The summed E-state index contributed by atoms with van der Waals surface area (Å²) in [6, 6.07) is 0. The van der Waals surface area contributed by atoms with E-state index in [-0.39, 0.29) is 0 Å². The molecule has 1 heteroatoms. The average molecular weight is 219 g/mol. The van der Waals surface area contributed by atoms with E-state index in [9.17, 15) is 0 Å². The van der Waals surface area contributed by atoms with Crippen LogP contribution in [-0.2, 0) is 0 Å². The van der Waals surface area contributed by atoms with Crippen LogP contribution < -0.4 is 0 Å². The Morgan fingerprint density at radius 1 is 1.45 bits per heavy atom. The average Bonchev–Trinajstić information content (AvgIpc) is 2.61. The first kappa shape index (κ1) is 9.57. The minimum Gasteiger partial charge on any atom is -0.0922 e. The first-order valence-electron chi connectivity index (χ1n) is 4.60. The Labute approximate surface area is 78.9 Å². The van der Waals surface area contributed by atoms with Crippen molar-refractivity contribution in [2.45, 2.75) is 34.1 Å². The van der Waals surface area contributed by atoms with Crippen molar-refractivity contribution in [3.05, 3.63) is 0 Å². The van der Waals surface area contributed by atoms with Crippen LogP contribution in [0.1, 0.15) is 34.1 Å². The minimum absolute atomic E-state index is 0.647. The van der Waals surface area contributed by atoms with Crippen LogP contribution in [0.5, 0.6) is 0 Å².